The molecule has 628 valence electrons. The van der Waals surface area contributed by atoms with Crippen LogP contribution >= 0.6 is 0 Å². The van der Waals surface area contributed by atoms with E-state index in [1.165, 1.54) is 4.90 Å². The number of carbonyl (C=O) groups is 7. The fourth-order valence-corrected chi connectivity index (χ4v) is 14.7. The molecule has 0 spiro atoms. The molecular weight excluding hydrogens is 1540 g/mol. The van der Waals surface area contributed by atoms with Crippen molar-refractivity contribution in [2.24, 2.45) is 0 Å². The summed E-state index contributed by atoms with van der Waals surface area (Å²) in [5.74, 6) is -1.13. The maximum Gasteiger partial charge on any atom is 0.412 e. The molecule has 7 aromatic rings. The molecule has 1 saturated carbocycles. The summed E-state index contributed by atoms with van der Waals surface area (Å²) in [5.41, 5.74) is 1.81. The first kappa shape index (κ1) is 85.0. The van der Waals surface area contributed by atoms with Gasteiger partial charge in [-0.05, 0) is 39.8 Å². The lowest BCUT2D eigenvalue weighted by atomic mass is 9.82. The fourth-order valence-electron chi connectivity index (χ4n) is 14.7. The number of likely N-dealkylation sites (tertiary alicyclic amines) is 1. The van der Waals surface area contributed by atoms with E-state index in [1.54, 1.807) is 212 Å². The van der Waals surface area contributed by atoms with Gasteiger partial charge in [-0.2, -0.15) is 0 Å². The van der Waals surface area contributed by atoms with E-state index in [9.17, 15) is 69.3 Å². The Morgan fingerprint density at radius 1 is 0.441 bits per heavy atom. The van der Waals surface area contributed by atoms with Crippen molar-refractivity contribution in [3.63, 3.8) is 0 Å². The van der Waals surface area contributed by atoms with Gasteiger partial charge in [0.25, 0.3) is 5.91 Å². The minimum absolute atomic E-state index is 0.136. The average molecular weight is 1630 g/mol. The van der Waals surface area contributed by atoms with E-state index in [0.29, 0.717) is 38.9 Å². The Balaban J connectivity index is 0.828. The molecule has 13 rings (SSSR count). The van der Waals surface area contributed by atoms with Gasteiger partial charge in [-0.25, -0.2) is 28.8 Å². The maximum absolute atomic E-state index is 14.7. The molecular formula is C84H95N7O27. The first-order chi connectivity index (χ1) is 57.3. The van der Waals surface area contributed by atoms with E-state index in [4.69, 9.17) is 61.6 Å². The molecule has 7 amide bonds. The topological polar surface area (TPSA) is 439 Å². The molecule has 118 heavy (non-hydrogen) atoms. The quantitative estimate of drug-likeness (QED) is 0.0284. The zero-order valence-electron chi connectivity index (χ0n) is 63.9. The SMILES string of the molecule is O=C(N[C@H]1[C@@H](O[C@H]2[C@@H](O)[C@H](O[C@@H]3[C@@H](O)[C@H](NC(=O)C4(O)CN(C(=O)OCc5ccccc5)C4)C[C@H](NC(=O)OCc4ccccc4)[C@H]3O[C@H]3O[C@H](CN(CCO)C(=O)OCc4ccccc4)[C@H](O)C[C@H]3NC(=O)OCc3ccccc3)O[C@@H]2CO)O[C@H]2CN(C(=O)OCc3ccccc3)C(c3ccccc3)O[C@H]2[C@@H]1O)OCc1ccccc1. The summed E-state index contributed by atoms with van der Waals surface area (Å²) in [7, 11) is 0. The van der Waals surface area contributed by atoms with Crippen molar-refractivity contribution < 1.29 is 131 Å². The van der Waals surface area contributed by atoms with Crippen molar-refractivity contribution in [1.29, 1.82) is 0 Å². The van der Waals surface area contributed by atoms with Gasteiger partial charge in [-0.1, -0.05) is 212 Å². The van der Waals surface area contributed by atoms with Gasteiger partial charge in [-0.3, -0.25) is 9.69 Å². The molecule has 0 bridgehead atoms. The van der Waals surface area contributed by atoms with Crippen molar-refractivity contribution >= 4 is 42.5 Å². The molecule has 6 fully saturated rings. The van der Waals surface area contributed by atoms with Crippen LogP contribution in [0.3, 0.4) is 0 Å². The lowest BCUT2D eigenvalue weighted by Gasteiger charge is -2.51. The van der Waals surface area contributed by atoms with Crippen LogP contribution in [0, 0.1) is 0 Å². The number of ether oxygens (including phenoxy) is 13. The molecule has 6 aliphatic rings. The highest BCUT2D eigenvalue weighted by molar-refractivity contribution is 5.89. The van der Waals surface area contributed by atoms with Crippen LogP contribution in [0.2, 0.25) is 0 Å². The van der Waals surface area contributed by atoms with Gasteiger partial charge in [0.2, 0.25) is 0 Å². The van der Waals surface area contributed by atoms with Gasteiger partial charge in [0.15, 0.2) is 30.7 Å². The minimum atomic E-state index is -2.33. The molecule has 0 aromatic heterocycles. The number of fused-ring (bicyclic) bond motifs is 1. The van der Waals surface area contributed by atoms with E-state index < -0.39 is 210 Å². The Kier molecular flexibility index (Phi) is 29.2. The van der Waals surface area contributed by atoms with Gasteiger partial charge >= 0.3 is 36.6 Å². The summed E-state index contributed by atoms with van der Waals surface area (Å²) < 4.78 is 80.6. The Labute approximate surface area is 678 Å². The highest BCUT2D eigenvalue weighted by atomic mass is 16.8. The number of nitrogens with zero attached hydrogens (tertiary/aromatic N) is 3. The molecule has 1 aliphatic carbocycles. The number of carbonyl (C=O) groups excluding carboxylic acids is 7. The lowest BCUT2D eigenvalue weighted by Crippen LogP contribution is -2.73. The highest BCUT2D eigenvalue weighted by Crippen LogP contribution is 2.41. The van der Waals surface area contributed by atoms with E-state index in [2.05, 4.69) is 21.3 Å². The number of aliphatic hydroxyl groups excluding tert-OH is 6. The molecule has 34 heteroatoms. The monoisotopic (exact) mass is 1630 g/mol. The minimum Gasteiger partial charge on any atom is -0.445 e. The Hall–Kier alpha value is -10.9. The number of rotatable bonds is 29. The van der Waals surface area contributed by atoms with E-state index in [1.807, 2.05) is 0 Å². The zero-order valence-corrected chi connectivity index (χ0v) is 63.9. The molecule has 5 aliphatic heterocycles. The number of nitrogens with one attached hydrogen (secondary N) is 4. The highest BCUT2D eigenvalue weighted by Gasteiger charge is 2.59. The third kappa shape index (κ3) is 21.9. The van der Waals surface area contributed by atoms with E-state index >= 15 is 0 Å². The number of aliphatic hydroxyl groups is 7. The fraction of sp³-hybridized carbons (Fsp3) is 0.417. The Morgan fingerprint density at radius 3 is 1.40 bits per heavy atom. The van der Waals surface area contributed by atoms with E-state index in [0.717, 1.165) is 9.80 Å². The number of alkyl carbamates (subject to hydrolysis) is 3. The Morgan fingerprint density at radius 2 is 0.890 bits per heavy atom. The second-order valence-electron chi connectivity index (χ2n) is 29.3. The molecule has 34 nitrogen and oxygen atoms in total. The predicted octanol–water partition coefficient (Wildman–Crippen LogP) is 4.67. The third-order valence-electron chi connectivity index (χ3n) is 20.9. The molecule has 7 aromatic carbocycles. The predicted molar refractivity (Wildman–Crippen MR) is 409 cm³/mol. The van der Waals surface area contributed by atoms with Gasteiger partial charge in [-0.15, -0.1) is 0 Å². The maximum atomic E-state index is 14.7. The Bertz CT molecular complexity index is 4390. The summed E-state index contributed by atoms with van der Waals surface area (Å²) in [5, 5.41) is 95.2. The van der Waals surface area contributed by atoms with Crippen molar-refractivity contribution in [2.75, 3.05) is 45.9 Å². The van der Waals surface area contributed by atoms with Crippen LogP contribution in [0.4, 0.5) is 28.8 Å². The lowest BCUT2D eigenvalue weighted by molar-refractivity contribution is -0.323. The van der Waals surface area contributed by atoms with Crippen molar-refractivity contribution in [3.8, 4) is 0 Å². The van der Waals surface area contributed by atoms with Crippen LogP contribution in [0.25, 0.3) is 0 Å². The van der Waals surface area contributed by atoms with Crippen LogP contribution in [-0.2, 0) is 106 Å². The number of hydrogen-bond donors (Lipinski definition) is 11. The summed E-state index contributed by atoms with van der Waals surface area (Å²) in [4.78, 5) is 102. The number of amides is 7. The van der Waals surface area contributed by atoms with Crippen LogP contribution < -0.4 is 21.3 Å². The van der Waals surface area contributed by atoms with Crippen LogP contribution in [0.1, 0.15) is 58.0 Å². The van der Waals surface area contributed by atoms with Gasteiger partial charge in [0, 0.05) is 18.5 Å². The second kappa shape index (κ2) is 40.5. The normalized spacial score (nSPS) is 27.6. The standard InChI is InChI=1S/C84H95N7O27/c92-37-36-89(81(102)109-46-54-28-14-4-15-29-54)40-62-61(94)39-60(87-79(100)107-44-52-24-10-2-11-25-52)74(112-62)116-69-59(86-78(99)106-43-51-22-8-1-9-23-51)38-58(85-77(98)84(105)49-90(50-84)82(103)110-47-55-30-16-5-17-31-55)66(95)72(69)118-76-68(97)71(64(42-93)114-76)117-75-65(88-80(101)108-45-53-26-12-3-13-27-53)67(96)70-63(113-75)41-91(73(115-70)57-34-20-7-21-35-57)83(104)111-48-56-32-18-6-19-33-56/h1-35,58-76,92-97,105H,36-50H2,(H,85,98)(H,86,99)(H,87,100)(H,88,101)/t58-,59+,60-,61-,62-,63+,64-,65-,66+,67-,68-,69-,70-,71-,72-,73?,74-,75-,76+/m1/s1. The van der Waals surface area contributed by atoms with Gasteiger partial charge < -0.3 is 128 Å². The largest absolute Gasteiger partial charge is 0.445 e. The summed E-state index contributed by atoms with van der Waals surface area (Å²) >= 11 is 0. The second-order valence-corrected chi connectivity index (χ2v) is 29.3. The van der Waals surface area contributed by atoms with Crippen molar-refractivity contribution in [3.05, 3.63) is 251 Å². The molecule has 11 N–H and O–H groups in total. The zero-order chi connectivity index (χ0) is 82.7. The summed E-state index contributed by atoms with van der Waals surface area (Å²) in [6.45, 7) is -5.23. The van der Waals surface area contributed by atoms with Gasteiger partial charge in [0.1, 0.15) is 107 Å². The first-order valence-electron chi connectivity index (χ1n) is 38.7. The van der Waals surface area contributed by atoms with Gasteiger partial charge in [0.05, 0.1) is 63.6 Å². The molecule has 1 unspecified atom stereocenters. The molecule has 19 atom stereocenters. The van der Waals surface area contributed by atoms with Crippen LogP contribution in [-0.4, -0.2) is 255 Å². The van der Waals surface area contributed by atoms with Crippen LogP contribution in [0.15, 0.2) is 212 Å². The van der Waals surface area contributed by atoms with Crippen LogP contribution in [0.5, 0.6) is 0 Å². The summed E-state index contributed by atoms with van der Waals surface area (Å²) in [6.07, 6.45) is -33.1. The molecule has 5 saturated heterocycles. The smallest absolute Gasteiger partial charge is 0.412 e. The number of benzene rings is 7. The third-order valence-corrected chi connectivity index (χ3v) is 20.9. The van der Waals surface area contributed by atoms with E-state index in [-0.39, 0.29) is 52.7 Å². The average Bonchev–Trinajstić information content (AvgIpc) is 1.16. The first-order valence-corrected chi connectivity index (χ1v) is 38.7. The van der Waals surface area contributed by atoms with Crippen molar-refractivity contribution in [2.45, 2.75) is 174 Å². The number of hydrogen-bond acceptors (Lipinski definition) is 27. The van der Waals surface area contributed by atoms with Crippen molar-refractivity contribution in [1.82, 2.24) is 36.0 Å². The summed E-state index contributed by atoms with van der Waals surface area (Å²) in [6, 6.07) is 54.3. The molecule has 0 radical (unpaired) electrons. The molecule has 5 heterocycles. The number of β-amino-alcohol motifs (C(OH)–C–C–N with tert-alkyl or cyclic N) is 1.